The SMILES string of the molecule is CC[C@H](C)OC(=O)c1ccc(OC)cc1. The van der Waals surface area contributed by atoms with Crippen LogP contribution in [0.1, 0.15) is 30.6 Å². The van der Waals surface area contributed by atoms with Gasteiger partial charge in [-0.1, -0.05) is 6.92 Å². The third-order valence-corrected chi connectivity index (χ3v) is 2.21. The normalized spacial score (nSPS) is 11.9. The molecule has 0 heterocycles. The van der Waals surface area contributed by atoms with Crippen molar-refractivity contribution >= 4 is 5.97 Å². The number of esters is 1. The zero-order valence-electron chi connectivity index (χ0n) is 9.32. The van der Waals surface area contributed by atoms with Gasteiger partial charge in [0.1, 0.15) is 5.75 Å². The third-order valence-electron chi connectivity index (χ3n) is 2.21. The van der Waals surface area contributed by atoms with E-state index in [1.807, 2.05) is 13.8 Å². The lowest BCUT2D eigenvalue weighted by Gasteiger charge is -2.10. The summed E-state index contributed by atoms with van der Waals surface area (Å²) in [5.41, 5.74) is 0.552. The van der Waals surface area contributed by atoms with Gasteiger partial charge in [-0.15, -0.1) is 0 Å². The summed E-state index contributed by atoms with van der Waals surface area (Å²) < 4.78 is 10.2. The van der Waals surface area contributed by atoms with Gasteiger partial charge >= 0.3 is 5.97 Å². The Hall–Kier alpha value is -1.51. The van der Waals surface area contributed by atoms with Crippen LogP contribution in [0.25, 0.3) is 0 Å². The van der Waals surface area contributed by atoms with Gasteiger partial charge in [-0.05, 0) is 37.6 Å². The van der Waals surface area contributed by atoms with Crippen LogP contribution in [0.3, 0.4) is 0 Å². The van der Waals surface area contributed by atoms with E-state index >= 15 is 0 Å². The molecule has 0 saturated heterocycles. The fourth-order valence-electron chi connectivity index (χ4n) is 1.06. The summed E-state index contributed by atoms with van der Waals surface area (Å²) in [7, 11) is 1.59. The van der Waals surface area contributed by atoms with Crippen LogP contribution in [0.5, 0.6) is 5.75 Å². The Bertz CT molecular complexity index is 316. The monoisotopic (exact) mass is 208 g/mol. The third kappa shape index (κ3) is 3.27. The van der Waals surface area contributed by atoms with E-state index in [4.69, 9.17) is 9.47 Å². The smallest absolute Gasteiger partial charge is 0.338 e. The van der Waals surface area contributed by atoms with Crippen molar-refractivity contribution in [3.8, 4) is 5.75 Å². The van der Waals surface area contributed by atoms with Crippen molar-refractivity contribution in [2.45, 2.75) is 26.4 Å². The Morgan fingerprint density at radius 2 is 1.93 bits per heavy atom. The number of carbonyl (C=O) groups excluding carboxylic acids is 1. The Morgan fingerprint density at radius 3 is 2.40 bits per heavy atom. The van der Waals surface area contributed by atoms with Crippen molar-refractivity contribution in [2.75, 3.05) is 7.11 Å². The highest BCUT2D eigenvalue weighted by Gasteiger charge is 2.10. The van der Waals surface area contributed by atoms with E-state index in [2.05, 4.69) is 0 Å². The first-order valence-corrected chi connectivity index (χ1v) is 5.02. The van der Waals surface area contributed by atoms with Crippen LogP contribution < -0.4 is 4.74 Å². The minimum Gasteiger partial charge on any atom is -0.497 e. The molecule has 0 bridgehead atoms. The van der Waals surface area contributed by atoms with E-state index in [0.29, 0.717) is 5.56 Å². The predicted molar refractivity (Wildman–Crippen MR) is 58.2 cm³/mol. The molecule has 0 N–H and O–H groups in total. The summed E-state index contributed by atoms with van der Waals surface area (Å²) in [6, 6.07) is 6.88. The molecule has 82 valence electrons. The molecule has 0 aliphatic carbocycles. The molecule has 1 rings (SSSR count). The molecule has 3 heteroatoms. The van der Waals surface area contributed by atoms with E-state index in [-0.39, 0.29) is 12.1 Å². The Morgan fingerprint density at radius 1 is 1.33 bits per heavy atom. The number of ether oxygens (including phenoxy) is 2. The van der Waals surface area contributed by atoms with Crippen LogP contribution >= 0.6 is 0 Å². The molecule has 0 saturated carbocycles. The van der Waals surface area contributed by atoms with Crippen LogP contribution in [0, 0.1) is 0 Å². The van der Waals surface area contributed by atoms with Gasteiger partial charge in [-0.3, -0.25) is 0 Å². The molecule has 0 aliphatic rings. The second-order valence-electron chi connectivity index (χ2n) is 3.35. The van der Waals surface area contributed by atoms with Crippen molar-refractivity contribution in [3.63, 3.8) is 0 Å². The number of rotatable bonds is 4. The standard InChI is InChI=1S/C12H16O3/c1-4-9(2)15-12(13)10-5-7-11(14-3)8-6-10/h5-9H,4H2,1-3H3/t9-/m0/s1. The molecule has 0 aliphatic heterocycles. The molecule has 1 atom stereocenters. The van der Waals surface area contributed by atoms with Gasteiger partial charge in [0.25, 0.3) is 0 Å². The summed E-state index contributed by atoms with van der Waals surface area (Å²) in [4.78, 5) is 11.6. The number of benzene rings is 1. The largest absolute Gasteiger partial charge is 0.497 e. The van der Waals surface area contributed by atoms with Gasteiger partial charge in [0.15, 0.2) is 0 Å². The van der Waals surface area contributed by atoms with Gasteiger partial charge in [-0.25, -0.2) is 4.79 Å². The molecule has 0 unspecified atom stereocenters. The van der Waals surface area contributed by atoms with Crippen molar-refractivity contribution in [1.29, 1.82) is 0 Å². The highest BCUT2D eigenvalue weighted by molar-refractivity contribution is 5.89. The first kappa shape index (κ1) is 11.6. The number of methoxy groups -OCH3 is 1. The average Bonchev–Trinajstić information content (AvgIpc) is 2.29. The quantitative estimate of drug-likeness (QED) is 0.713. The summed E-state index contributed by atoms with van der Waals surface area (Å²) in [6.45, 7) is 3.85. The predicted octanol–water partition coefficient (Wildman–Crippen LogP) is 2.65. The van der Waals surface area contributed by atoms with Crippen LogP contribution in [0.2, 0.25) is 0 Å². The maximum atomic E-state index is 11.6. The number of carbonyl (C=O) groups is 1. The van der Waals surface area contributed by atoms with E-state index in [1.54, 1.807) is 31.4 Å². The summed E-state index contributed by atoms with van der Waals surface area (Å²) >= 11 is 0. The topological polar surface area (TPSA) is 35.5 Å². The molecule has 3 nitrogen and oxygen atoms in total. The Labute approximate surface area is 90.0 Å². The molecule has 15 heavy (non-hydrogen) atoms. The van der Waals surface area contributed by atoms with E-state index in [1.165, 1.54) is 0 Å². The van der Waals surface area contributed by atoms with Crippen molar-refractivity contribution in [1.82, 2.24) is 0 Å². The maximum absolute atomic E-state index is 11.6. The first-order chi connectivity index (χ1) is 7.17. The van der Waals surface area contributed by atoms with Gasteiger partial charge < -0.3 is 9.47 Å². The lowest BCUT2D eigenvalue weighted by molar-refractivity contribution is 0.0334. The van der Waals surface area contributed by atoms with Crippen LogP contribution in [0.4, 0.5) is 0 Å². The summed E-state index contributed by atoms with van der Waals surface area (Å²) in [5.74, 6) is 0.446. The maximum Gasteiger partial charge on any atom is 0.338 e. The van der Waals surface area contributed by atoms with Crippen LogP contribution in [0.15, 0.2) is 24.3 Å². The van der Waals surface area contributed by atoms with Crippen molar-refractivity contribution in [2.24, 2.45) is 0 Å². The van der Waals surface area contributed by atoms with E-state index < -0.39 is 0 Å². The fraction of sp³-hybridized carbons (Fsp3) is 0.417. The highest BCUT2D eigenvalue weighted by Crippen LogP contribution is 2.13. The molecule has 1 aromatic carbocycles. The minimum absolute atomic E-state index is 0.0420. The van der Waals surface area contributed by atoms with Gasteiger partial charge in [0.05, 0.1) is 18.8 Å². The zero-order valence-corrected chi connectivity index (χ0v) is 9.32. The van der Waals surface area contributed by atoms with E-state index in [0.717, 1.165) is 12.2 Å². The Balaban J connectivity index is 2.66. The number of hydrogen-bond acceptors (Lipinski definition) is 3. The summed E-state index contributed by atoms with van der Waals surface area (Å²) in [6.07, 6.45) is 0.779. The fourth-order valence-corrected chi connectivity index (χ4v) is 1.06. The molecule has 0 fully saturated rings. The average molecular weight is 208 g/mol. The molecule has 0 aromatic heterocycles. The molecular formula is C12H16O3. The lowest BCUT2D eigenvalue weighted by atomic mass is 10.2. The van der Waals surface area contributed by atoms with Gasteiger partial charge in [0, 0.05) is 0 Å². The highest BCUT2D eigenvalue weighted by atomic mass is 16.5. The second-order valence-corrected chi connectivity index (χ2v) is 3.35. The van der Waals surface area contributed by atoms with Crippen LogP contribution in [-0.2, 0) is 4.74 Å². The van der Waals surface area contributed by atoms with Crippen molar-refractivity contribution in [3.05, 3.63) is 29.8 Å². The van der Waals surface area contributed by atoms with Crippen molar-refractivity contribution < 1.29 is 14.3 Å². The minimum atomic E-state index is -0.285. The second kappa shape index (κ2) is 5.39. The van der Waals surface area contributed by atoms with Crippen LogP contribution in [-0.4, -0.2) is 19.2 Å². The number of hydrogen-bond donors (Lipinski definition) is 0. The van der Waals surface area contributed by atoms with Gasteiger partial charge in [-0.2, -0.15) is 0 Å². The lowest BCUT2D eigenvalue weighted by Crippen LogP contribution is -2.13. The first-order valence-electron chi connectivity index (χ1n) is 5.02. The summed E-state index contributed by atoms with van der Waals surface area (Å²) in [5, 5.41) is 0. The molecule has 0 spiro atoms. The molecule has 1 aromatic rings. The zero-order chi connectivity index (χ0) is 11.3. The Kier molecular flexibility index (Phi) is 4.16. The molecular weight excluding hydrogens is 192 g/mol. The van der Waals surface area contributed by atoms with Gasteiger partial charge in [0.2, 0.25) is 0 Å². The molecule has 0 radical (unpaired) electrons. The molecule has 0 amide bonds. The van der Waals surface area contributed by atoms with E-state index in [9.17, 15) is 4.79 Å².